The van der Waals surface area contributed by atoms with Crippen LogP contribution in [0.2, 0.25) is 0 Å². The molecule has 2 aromatic carbocycles. The lowest BCUT2D eigenvalue weighted by Gasteiger charge is -2.40. The average molecular weight is 405 g/mol. The van der Waals surface area contributed by atoms with Gasteiger partial charge in [-0.05, 0) is 53.4 Å². The van der Waals surface area contributed by atoms with E-state index in [0.29, 0.717) is 11.8 Å². The molecule has 2 atom stereocenters. The fourth-order valence-electron chi connectivity index (χ4n) is 6.17. The van der Waals surface area contributed by atoms with Crippen LogP contribution in [0, 0.1) is 11.8 Å². The first-order chi connectivity index (χ1) is 14.5. The SMILES string of the molecule is O=C(O)CC1(NC(=O)OCC2c3ccccc3-c3ccccc32)CC2CCC(C2)C1. The lowest BCUT2D eigenvalue weighted by molar-refractivity contribution is -0.139. The number of rotatable bonds is 5. The third kappa shape index (κ3) is 3.47. The van der Waals surface area contributed by atoms with Crippen LogP contribution >= 0.6 is 0 Å². The van der Waals surface area contributed by atoms with E-state index in [1.165, 1.54) is 22.3 Å². The summed E-state index contributed by atoms with van der Waals surface area (Å²) in [6.45, 7) is 0.246. The maximum Gasteiger partial charge on any atom is 0.407 e. The standard InChI is InChI=1S/C25H27NO4/c27-23(28)14-25(12-16-9-10-17(11-16)13-25)26-24(29)30-15-22-20-7-3-1-5-18(20)19-6-2-4-8-21(19)22/h1-8,16-17,22H,9-15H2,(H,26,29)(H,27,28). The number of carboxylic acids is 1. The number of ether oxygens (including phenoxy) is 1. The Morgan fingerprint density at radius 1 is 0.967 bits per heavy atom. The Balaban J connectivity index is 1.31. The monoisotopic (exact) mass is 405 g/mol. The number of carbonyl (C=O) groups excluding carboxylic acids is 1. The van der Waals surface area contributed by atoms with Crippen molar-refractivity contribution in [3.63, 3.8) is 0 Å². The first-order valence-electron chi connectivity index (χ1n) is 10.9. The quantitative estimate of drug-likeness (QED) is 0.738. The Kier molecular flexibility index (Phi) is 4.76. The van der Waals surface area contributed by atoms with Crippen LogP contribution in [0.1, 0.15) is 55.6 Å². The predicted octanol–water partition coefficient (Wildman–Crippen LogP) is 4.95. The fourth-order valence-corrected chi connectivity index (χ4v) is 6.17. The van der Waals surface area contributed by atoms with Crippen LogP contribution in [0.5, 0.6) is 0 Å². The summed E-state index contributed by atoms with van der Waals surface area (Å²) in [5.41, 5.74) is 4.03. The third-order valence-electron chi connectivity index (χ3n) is 7.21. The Labute approximate surface area is 176 Å². The smallest absolute Gasteiger partial charge is 0.407 e. The van der Waals surface area contributed by atoms with Gasteiger partial charge in [0.25, 0.3) is 0 Å². The van der Waals surface area contributed by atoms with Crippen molar-refractivity contribution in [2.75, 3.05) is 6.61 Å². The van der Waals surface area contributed by atoms with Gasteiger partial charge in [-0.3, -0.25) is 4.79 Å². The van der Waals surface area contributed by atoms with Crippen molar-refractivity contribution in [3.8, 4) is 11.1 Å². The van der Waals surface area contributed by atoms with E-state index in [2.05, 4.69) is 29.6 Å². The van der Waals surface area contributed by atoms with Gasteiger partial charge in [0.05, 0.1) is 12.0 Å². The van der Waals surface area contributed by atoms with Gasteiger partial charge in [0, 0.05) is 5.92 Å². The van der Waals surface area contributed by atoms with E-state index in [9.17, 15) is 14.7 Å². The number of hydrogen-bond donors (Lipinski definition) is 2. The molecule has 2 aromatic rings. The van der Waals surface area contributed by atoms with Crippen LogP contribution in [0.4, 0.5) is 4.79 Å². The predicted molar refractivity (Wildman–Crippen MR) is 113 cm³/mol. The van der Waals surface area contributed by atoms with Gasteiger partial charge in [0.1, 0.15) is 6.61 Å². The zero-order chi connectivity index (χ0) is 20.7. The van der Waals surface area contributed by atoms with Gasteiger partial charge in [-0.25, -0.2) is 4.79 Å². The molecule has 2 unspecified atom stereocenters. The fraction of sp³-hybridized carbons (Fsp3) is 0.440. The molecule has 1 amide bonds. The van der Waals surface area contributed by atoms with Crippen LogP contribution < -0.4 is 5.32 Å². The molecule has 2 bridgehead atoms. The molecule has 0 radical (unpaired) electrons. The van der Waals surface area contributed by atoms with E-state index in [0.717, 1.165) is 32.1 Å². The molecule has 5 rings (SSSR count). The molecular formula is C25H27NO4. The maximum atomic E-state index is 12.8. The minimum Gasteiger partial charge on any atom is -0.481 e. The molecule has 5 heteroatoms. The van der Waals surface area contributed by atoms with Crippen LogP contribution in [0.15, 0.2) is 48.5 Å². The van der Waals surface area contributed by atoms with E-state index in [1.807, 2.05) is 24.3 Å². The molecule has 2 saturated carbocycles. The van der Waals surface area contributed by atoms with Gasteiger partial charge in [-0.15, -0.1) is 0 Å². The van der Waals surface area contributed by atoms with Crippen molar-refractivity contribution in [2.45, 2.75) is 50.0 Å². The minimum absolute atomic E-state index is 0.00103. The van der Waals surface area contributed by atoms with Crippen molar-refractivity contribution in [1.82, 2.24) is 5.32 Å². The molecule has 30 heavy (non-hydrogen) atoms. The maximum absolute atomic E-state index is 12.8. The molecule has 156 valence electrons. The van der Waals surface area contributed by atoms with Crippen molar-refractivity contribution in [3.05, 3.63) is 59.7 Å². The summed E-state index contributed by atoms with van der Waals surface area (Å²) in [7, 11) is 0. The van der Waals surface area contributed by atoms with E-state index in [-0.39, 0.29) is 18.9 Å². The molecule has 3 aliphatic rings. The molecule has 2 fully saturated rings. The van der Waals surface area contributed by atoms with Crippen LogP contribution in [-0.2, 0) is 9.53 Å². The van der Waals surface area contributed by atoms with Crippen molar-refractivity contribution in [1.29, 1.82) is 0 Å². The Hall–Kier alpha value is -2.82. The van der Waals surface area contributed by atoms with Gasteiger partial charge < -0.3 is 15.2 Å². The lowest BCUT2D eigenvalue weighted by Crippen LogP contribution is -2.53. The number of amides is 1. The molecule has 3 aliphatic carbocycles. The number of carboxylic acid groups (broad SMARTS) is 1. The zero-order valence-electron chi connectivity index (χ0n) is 17.0. The van der Waals surface area contributed by atoms with Crippen LogP contribution in [-0.4, -0.2) is 29.3 Å². The Morgan fingerprint density at radius 3 is 2.10 bits per heavy atom. The van der Waals surface area contributed by atoms with Gasteiger partial charge in [0.2, 0.25) is 0 Å². The van der Waals surface area contributed by atoms with Crippen molar-refractivity contribution in [2.24, 2.45) is 11.8 Å². The summed E-state index contributed by atoms with van der Waals surface area (Å²) in [5.74, 6) is 0.158. The molecule has 5 nitrogen and oxygen atoms in total. The number of benzene rings is 2. The molecule has 2 N–H and O–H groups in total. The molecule has 0 saturated heterocycles. The minimum atomic E-state index is -0.866. The van der Waals surface area contributed by atoms with E-state index >= 15 is 0 Å². The summed E-state index contributed by atoms with van der Waals surface area (Å²) >= 11 is 0. The highest BCUT2D eigenvalue weighted by molar-refractivity contribution is 5.79. The highest BCUT2D eigenvalue weighted by Gasteiger charge is 2.46. The first-order valence-corrected chi connectivity index (χ1v) is 10.9. The molecule has 0 spiro atoms. The number of aliphatic carboxylic acids is 1. The summed E-state index contributed by atoms with van der Waals surface area (Å²) in [5, 5.41) is 12.5. The van der Waals surface area contributed by atoms with Gasteiger partial charge in [0.15, 0.2) is 0 Å². The number of alkyl carbamates (subject to hydrolysis) is 1. The number of carbonyl (C=O) groups is 2. The molecular weight excluding hydrogens is 378 g/mol. The van der Waals surface area contributed by atoms with Crippen molar-refractivity contribution >= 4 is 12.1 Å². The number of fused-ring (bicyclic) bond motifs is 5. The lowest BCUT2D eigenvalue weighted by atomic mass is 9.73. The summed E-state index contributed by atoms with van der Waals surface area (Å²) in [4.78, 5) is 24.3. The third-order valence-corrected chi connectivity index (χ3v) is 7.21. The Bertz CT molecular complexity index is 927. The highest BCUT2D eigenvalue weighted by Crippen LogP contribution is 2.48. The summed E-state index contributed by atoms with van der Waals surface area (Å²) in [6, 6.07) is 16.5. The second-order valence-corrected chi connectivity index (χ2v) is 9.25. The average Bonchev–Trinajstić information content (AvgIpc) is 3.23. The number of nitrogens with one attached hydrogen (secondary N) is 1. The van der Waals surface area contributed by atoms with Gasteiger partial charge >= 0.3 is 12.1 Å². The normalized spacial score (nSPS) is 26.7. The van der Waals surface area contributed by atoms with Crippen molar-refractivity contribution < 1.29 is 19.4 Å². The first kappa shape index (κ1) is 19.2. The Morgan fingerprint density at radius 2 is 1.53 bits per heavy atom. The summed E-state index contributed by atoms with van der Waals surface area (Å²) < 4.78 is 5.70. The zero-order valence-corrected chi connectivity index (χ0v) is 17.0. The topological polar surface area (TPSA) is 75.6 Å². The molecule has 0 heterocycles. The van der Waals surface area contributed by atoms with Crippen LogP contribution in [0.25, 0.3) is 11.1 Å². The highest BCUT2D eigenvalue weighted by atomic mass is 16.5. The second-order valence-electron chi connectivity index (χ2n) is 9.25. The number of hydrogen-bond acceptors (Lipinski definition) is 3. The largest absolute Gasteiger partial charge is 0.481 e. The second kappa shape index (κ2) is 7.46. The van der Waals surface area contributed by atoms with E-state index < -0.39 is 17.6 Å². The van der Waals surface area contributed by atoms with E-state index in [4.69, 9.17) is 4.74 Å². The van der Waals surface area contributed by atoms with Crippen LogP contribution in [0.3, 0.4) is 0 Å². The summed E-state index contributed by atoms with van der Waals surface area (Å²) in [6.07, 6.45) is 4.37. The van der Waals surface area contributed by atoms with Gasteiger partial charge in [-0.2, -0.15) is 0 Å². The van der Waals surface area contributed by atoms with Gasteiger partial charge in [-0.1, -0.05) is 61.4 Å². The molecule has 0 aromatic heterocycles. The molecule has 0 aliphatic heterocycles. The van der Waals surface area contributed by atoms with E-state index in [1.54, 1.807) is 0 Å².